The summed E-state index contributed by atoms with van der Waals surface area (Å²) in [6.45, 7) is 0. The number of para-hydroxylation sites is 1. The molecular weight excluding hydrogens is 384 g/mol. The maximum atomic E-state index is 5.44. The molecule has 150 valence electrons. The number of benzene rings is 2. The van der Waals surface area contributed by atoms with Crippen molar-refractivity contribution >= 4 is 0 Å². The van der Waals surface area contributed by atoms with Crippen LogP contribution in [0.4, 0.5) is 0 Å². The Hall–Kier alpha value is -4.25. The minimum atomic E-state index is 0.795. The summed E-state index contributed by atoms with van der Waals surface area (Å²) in [5.74, 6) is 0.795. The van der Waals surface area contributed by atoms with E-state index in [9.17, 15) is 0 Å². The van der Waals surface area contributed by atoms with E-state index in [0.717, 1.165) is 45.1 Å². The molecule has 31 heavy (non-hydrogen) atoms. The molecule has 2 aromatic carbocycles. The van der Waals surface area contributed by atoms with Crippen LogP contribution in [-0.2, 0) is 0 Å². The van der Waals surface area contributed by atoms with Gasteiger partial charge in [0.05, 0.1) is 18.5 Å². The van der Waals surface area contributed by atoms with Gasteiger partial charge < -0.3 is 4.74 Å². The Labute approximate surface area is 180 Å². The third-order valence-electron chi connectivity index (χ3n) is 5.11. The number of pyridine rings is 2. The van der Waals surface area contributed by atoms with E-state index in [1.165, 1.54) is 0 Å². The van der Waals surface area contributed by atoms with Crippen LogP contribution in [0.5, 0.6) is 5.75 Å². The van der Waals surface area contributed by atoms with Crippen LogP contribution in [0.3, 0.4) is 0 Å². The summed E-state index contributed by atoms with van der Waals surface area (Å²) in [5, 5.41) is 4.93. The number of nitrogens with zero attached hydrogens (tertiary/aromatic N) is 4. The zero-order valence-electron chi connectivity index (χ0n) is 17.0. The topological polar surface area (TPSA) is 52.8 Å². The number of hydrogen-bond donors (Lipinski definition) is 0. The predicted octanol–water partition coefficient (Wildman–Crippen LogP) is 5.67. The summed E-state index contributed by atoms with van der Waals surface area (Å²) in [5.41, 5.74) is 6.77. The highest BCUT2D eigenvalue weighted by molar-refractivity contribution is 5.82. The molecule has 0 radical (unpaired) electrons. The van der Waals surface area contributed by atoms with E-state index in [4.69, 9.17) is 9.84 Å². The maximum Gasteiger partial charge on any atom is 0.119 e. The van der Waals surface area contributed by atoms with Crippen LogP contribution in [0, 0.1) is 0 Å². The number of aromatic nitrogens is 4. The smallest absolute Gasteiger partial charge is 0.119 e. The molecule has 5 rings (SSSR count). The van der Waals surface area contributed by atoms with Gasteiger partial charge in [0.1, 0.15) is 11.4 Å². The summed E-state index contributed by atoms with van der Waals surface area (Å²) in [4.78, 5) is 8.76. The number of rotatable bonds is 5. The van der Waals surface area contributed by atoms with Crippen LogP contribution in [0.1, 0.15) is 0 Å². The molecule has 0 spiro atoms. The van der Waals surface area contributed by atoms with Crippen molar-refractivity contribution in [2.24, 2.45) is 0 Å². The van der Waals surface area contributed by atoms with Crippen molar-refractivity contribution in [2.75, 3.05) is 7.11 Å². The molecule has 5 heteroatoms. The minimum Gasteiger partial charge on any atom is -0.497 e. The highest BCUT2D eigenvalue weighted by atomic mass is 16.5. The molecule has 5 nitrogen and oxygen atoms in total. The number of methoxy groups -OCH3 is 1. The second kappa shape index (κ2) is 8.24. The van der Waals surface area contributed by atoms with Gasteiger partial charge in [0.25, 0.3) is 0 Å². The summed E-state index contributed by atoms with van der Waals surface area (Å²) in [7, 11) is 1.67. The summed E-state index contributed by atoms with van der Waals surface area (Å²) in [6, 6.07) is 26.1. The van der Waals surface area contributed by atoms with E-state index in [0.29, 0.717) is 0 Å². The highest BCUT2D eigenvalue weighted by Crippen LogP contribution is 2.34. The van der Waals surface area contributed by atoms with Crippen molar-refractivity contribution in [3.63, 3.8) is 0 Å². The molecule has 0 amide bonds. The first-order valence-corrected chi connectivity index (χ1v) is 9.98. The zero-order chi connectivity index (χ0) is 21.0. The minimum absolute atomic E-state index is 0.795. The van der Waals surface area contributed by atoms with Crippen LogP contribution in [0.25, 0.3) is 39.3 Å². The van der Waals surface area contributed by atoms with Gasteiger partial charge in [0.15, 0.2) is 0 Å². The Morgan fingerprint density at radius 2 is 1.65 bits per heavy atom. The average Bonchev–Trinajstić information content (AvgIpc) is 3.31. The first-order valence-electron chi connectivity index (χ1n) is 9.98. The lowest BCUT2D eigenvalue weighted by molar-refractivity contribution is 0.415. The standard InChI is InChI=1S/C26H20N4O/c1-31-23-11-5-7-20(15-23)26-24(18-30(29-26)22-9-3-2-4-10-22)19-12-14-28-25(16-19)21-8-6-13-27-17-21/h2-18H,1H3. The van der Waals surface area contributed by atoms with Crippen molar-refractivity contribution in [1.29, 1.82) is 0 Å². The van der Waals surface area contributed by atoms with Gasteiger partial charge in [0.2, 0.25) is 0 Å². The molecule has 0 aliphatic carbocycles. The van der Waals surface area contributed by atoms with Crippen LogP contribution >= 0.6 is 0 Å². The van der Waals surface area contributed by atoms with Crippen LogP contribution in [-0.4, -0.2) is 26.9 Å². The molecule has 0 atom stereocenters. The Morgan fingerprint density at radius 3 is 2.45 bits per heavy atom. The largest absolute Gasteiger partial charge is 0.497 e. The molecule has 0 N–H and O–H groups in total. The Bertz CT molecular complexity index is 1310. The molecule has 3 heterocycles. The zero-order valence-corrected chi connectivity index (χ0v) is 17.0. The molecule has 0 aliphatic rings. The summed E-state index contributed by atoms with van der Waals surface area (Å²) < 4.78 is 7.35. The fraction of sp³-hybridized carbons (Fsp3) is 0.0385. The number of hydrogen-bond acceptors (Lipinski definition) is 4. The molecule has 0 unspecified atom stereocenters. The van der Waals surface area contributed by atoms with E-state index < -0.39 is 0 Å². The van der Waals surface area contributed by atoms with Crippen LogP contribution < -0.4 is 4.74 Å². The van der Waals surface area contributed by atoms with Crippen LogP contribution in [0.2, 0.25) is 0 Å². The van der Waals surface area contributed by atoms with E-state index in [-0.39, 0.29) is 0 Å². The van der Waals surface area contributed by atoms with Crippen molar-refractivity contribution in [1.82, 2.24) is 19.7 Å². The number of ether oxygens (including phenoxy) is 1. The van der Waals surface area contributed by atoms with E-state index >= 15 is 0 Å². The lowest BCUT2D eigenvalue weighted by Crippen LogP contribution is -1.94. The Balaban J connectivity index is 1.68. The normalized spacial score (nSPS) is 10.7. The fourth-order valence-electron chi connectivity index (χ4n) is 3.55. The molecule has 0 aliphatic heterocycles. The lowest BCUT2D eigenvalue weighted by Gasteiger charge is -2.07. The van der Waals surface area contributed by atoms with E-state index in [2.05, 4.69) is 22.2 Å². The second-order valence-electron chi connectivity index (χ2n) is 7.07. The van der Waals surface area contributed by atoms with Crippen molar-refractivity contribution < 1.29 is 4.74 Å². The first-order chi connectivity index (χ1) is 15.3. The molecule has 0 saturated carbocycles. The maximum absolute atomic E-state index is 5.44. The first kappa shape index (κ1) is 18.8. The monoisotopic (exact) mass is 404 g/mol. The molecule has 0 fully saturated rings. The molecular formula is C26H20N4O. The van der Waals surface area contributed by atoms with Gasteiger partial charge in [-0.3, -0.25) is 9.97 Å². The lowest BCUT2D eigenvalue weighted by atomic mass is 10.0. The van der Waals surface area contributed by atoms with Gasteiger partial charge in [-0.25, -0.2) is 4.68 Å². The third kappa shape index (κ3) is 3.81. The fourth-order valence-corrected chi connectivity index (χ4v) is 3.55. The molecule has 0 bridgehead atoms. The second-order valence-corrected chi connectivity index (χ2v) is 7.07. The predicted molar refractivity (Wildman–Crippen MR) is 122 cm³/mol. The van der Waals surface area contributed by atoms with Gasteiger partial charge in [-0.05, 0) is 54.1 Å². The van der Waals surface area contributed by atoms with Crippen molar-refractivity contribution in [3.05, 3.63) is 104 Å². The van der Waals surface area contributed by atoms with Crippen LogP contribution in [0.15, 0.2) is 104 Å². The van der Waals surface area contributed by atoms with Gasteiger partial charge in [-0.2, -0.15) is 5.10 Å². The molecule has 3 aromatic heterocycles. The average molecular weight is 404 g/mol. The van der Waals surface area contributed by atoms with E-state index in [1.807, 2.05) is 89.9 Å². The van der Waals surface area contributed by atoms with Crippen molar-refractivity contribution in [2.45, 2.75) is 0 Å². The summed E-state index contributed by atoms with van der Waals surface area (Å²) >= 11 is 0. The van der Waals surface area contributed by atoms with E-state index in [1.54, 1.807) is 13.3 Å². The van der Waals surface area contributed by atoms with Gasteiger partial charge in [0, 0.05) is 41.5 Å². The van der Waals surface area contributed by atoms with Gasteiger partial charge in [-0.1, -0.05) is 30.3 Å². The molecule has 0 saturated heterocycles. The highest BCUT2D eigenvalue weighted by Gasteiger charge is 2.16. The SMILES string of the molecule is COc1cccc(-c2nn(-c3ccccc3)cc2-c2ccnc(-c3cccnc3)c2)c1. The van der Waals surface area contributed by atoms with Gasteiger partial charge >= 0.3 is 0 Å². The Morgan fingerprint density at radius 1 is 0.774 bits per heavy atom. The third-order valence-corrected chi connectivity index (χ3v) is 5.11. The quantitative estimate of drug-likeness (QED) is 0.379. The van der Waals surface area contributed by atoms with Crippen molar-refractivity contribution in [3.8, 4) is 45.1 Å². The Kier molecular flexibility index (Phi) is 4.99. The summed E-state index contributed by atoms with van der Waals surface area (Å²) in [6.07, 6.45) is 7.47. The molecule has 5 aromatic rings. The van der Waals surface area contributed by atoms with Gasteiger partial charge in [-0.15, -0.1) is 0 Å².